The maximum absolute atomic E-state index is 13.8. The predicted octanol–water partition coefficient (Wildman–Crippen LogP) is 3.92. The molecule has 1 saturated heterocycles. The number of amides is 2. The lowest BCUT2D eigenvalue weighted by Crippen LogP contribution is -2.37. The molecule has 26 heavy (non-hydrogen) atoms. The highest BCUT2D eigenvalue weighted by atomic mass is 19.1. The molecule has 2 atom stereocenters. The van der Waals surface area contributed by atoms with E-state index in [4.69, 9.17) is 4.52 Å². The number of halogens is 1. The maximum Gasteiger partial charge on any atom is 0.321 e. The van der Waals surface area contributed by atoms with Crippen LogP contribution in [0.4, 0.5) is 14.9 Å². The average molecular weight is 358 g/mol. The molecule has 2 amide bonds. The van der Waals surface area contributed by atoms with Crippen molar-refractivity contribution in [3.05, 3.63) is 41.8 Å². The molecule has 1 aliphatic carbocycles. The zero-order valence-corrected chi connectivity index (χ0v) is 15.0. The standard InChI is InChI=1S/C19H23FN4O2/c1-12(2)16-22-17(23-26-16)19-9-5-6-13(19)10-24(11-19)18(25)21-15-8-4-3-7-14(15)20/h3-4,7-8,12-13H,5-6,9-11H2,1-2H3,(H,21,25)/t13-,19-/m1/s1. The van der Waals surface area contributed by atoms with Crippen molar-refractivity contribution in [3.8, 4) is 0 Å². The van der Waals surface area contributed by atoms with Gasteiger partial charge in [0.1, 0.15) is 5.82 Å². The van der Waals surface area contributed by atoms with E-state index in [-0.39, 0.29) is 23.1 Å². The van der Waals surface area contributed by atoms with Gasteiger partial charge in [0.05, 0.1) is 11.1 Å². The molecule has 2 heterocycles. The van der Waals surface area contributed by atoms with Crippen molar-refractivity contribution in [3.63, 3.8) is 0 Å². The van der Waals surface area contributed by atoms with E-state index in [9.17, 15) is 9.18 Å². The number of rotatable bonds is 3. The summed E-state index contributed by atoms with van der Waals surface area (Å²) in [6, 6.07) is 5.92. The molecule has 1 aromatic carbocycles. The lowest BCUT2D eigenvalue weighted by molar-refractivity contribution is 0.217. The van der Waals surface area contributed by atoms with E-state index in [0.717, 1.165) is 19.3 Å². The normalized spacial score (nSPS) is 24.9. The maximum atomic E-state index is 13.8. The summed E-state index contributed by atoms with van der Waals surface area (Å²) in [7, 11) is 0. The van der Waals surface area contributed by atoms with Crippen LogP contribution in [0.15, 0.2) is 28.8 Å². The van der Waals surface area contributed by atoms with Crippen LogP contribution in [0.25, 0.3) is 0 Å². The quantitative estimate of drug-likeness (QED) is 0.903. The number of likely N-dealkylation sites (tertiary alicyclic amines) is 1. The van der Waals surface area contributed by atoms with Crippen LogP contribution in [0.5, 0.6) is 0 Å². The molecular formula is C19H23FN4O2. The van der Waals surface area contributed by atoms with E-state index in [1.165, 1.54) is 6.07 Å². The number of aromatic nitrogens is 2. The van der Waals surface area contributed by atoms with Crippen molar-refractivity contribution in [2.45, 2.75) is 44.4 Å². The first-order valence-corrected chi connectivity index (χ1v) is 9.14. The fraction of sp³-hybridized carbons (Fsp3) is 0.526. The van der Waals surface area contributed by atoms with Crippen LogP contribution < -0.4 is 5.32 Å². The van der Waals surface area contributed by atoms with Gasteiger partial charge in [0.25, 0.3) is 0 Å². The van der Waals surface area contributed by atoms with Crippen molar-refractivity contribution in [2.24, 2.45) is 5.92 Å². The van der Waals surface area contributed by atoms with E-state index in [2.05, 4.69) is 15.5 Å². The zero-order valence-electron chi connectivity index (χ0n) is 15.0. The Labute approximate surface area is 151 Å². The average Bonchev–Trinajstić information content (AvgIpc) is 3.30. The lowest BCUT2D eigenvalue weighted by Gasteiger charge is -2.24. The molecule has 1 N–H and O–H groups in total. The minimum atomic E-state index is -0.435. The smallest absolute Gasteiger partial charge is 0.321 e. The Morgan fingerprint density at radius 2 is 2.23 bits per heavy atom. The molecule has 6 nitrogen and oxygen atoms in total. The molecule has 138 valence electrons. The van der Waals surface area contributed by atoms with Gasteiger partial charge in [-0.15, -0.1) is 0 Å². The van der Waals surface area contributed by atoms with Crippen LogP contribution in [0.1, 0.15) is 50.7 Å². The highest BCUT2D eigenvalue weighted by Gasteiger charge is 2.54. The van der Waals surface area contributed by atoms with Gasteiger partial charge in [-0.2, -0.15) is 4.98 Å². The molecule has 4 rings (SSSR count). The molecule has 0 unspecified atom stereocenters. The van der Waals surface area contributed by atoms with Crippen molar-refractivity contribution < 1.29 is 13.7 Å². The first kappa shape index (κ1) is 17.0. The molecule has 2 fully saturated rings. The van der Waals surface area contributed by atoms with Crippen LogP contribution in [0.2, 0.25) is 0 Å². The van der Waals surface area contributed by atoms with Gasteiger partial charge in [-0.3, -0.25) is 0 Å². The van der Waals surface area contributed by atoms with E-state index in [0.29, 0.717) is 30.7 Å². The number of carbonyl (C=O) groups excluding carboxylic acids is 1. The van der Waals surface area contributed by atoms with Gasteiger partial charge in [-0.1, -0.05) is 37.6 Å². The number of urea groups is 1. The summed E-state index contributed by atoms with van der Waals surface area (Å²) in [5.74, 6) is 1.40. The highest BCUT2D eigenvalue weighted by molar-refractivity contribution is 5.89. The Hall–Kier alpha value is -2.44. The predicted molar refractivity (Wildman–Crippen MR) is 94.4 cm³/mol. The van der Waals surface area contributed by atoms with Crippen molar-refractivity contribution >= 4 is 11.7 Å². The number of benzene rings is 1. The second-order valence-corrected chi connectivity index (χ2v) is 7.65. The molecule has 0 spiro atoms. The third kappa shape index (κ3) is 2.75. The molecule has 1 aliphatic heterocycles. The zero-order chi connectivity index (χ0) is 18.3. The van der Waals surface area contributed by atoms with Crippen LogP contribution in [0.3, 0.4) is 0 Å². The van der Waals surface area contributed by atoms with Crippen LogP contribution >= 0.6 is 0 Å². The Bertz CT molecular complexity index is 821. The Kier molecular flexibility index (Phi) is 4.17. The molecule has 7 heteroatoms. The monoisotopic (exact) mass is 358 g/mol. The topological polar surface area (TPSA) is 71.3 Å². The Morgan fingerprint density at radius 1 is 1.42 bits per heavy atom. The summed E-state index contributed by atoms with van der Waals surface area (Å²) in [5, 5.41) is 6.92. The lowest BCUT2D eigenvalue weighted by atomic mass is 9.80. The fourth-order valence-corrected chi connectivity index (χ4v) is 4.24. The number of nitrogens with one attached hydrogen (secondary N) is 1. The second-order valence-electron chi connectivity index (χ2n) is 7.65. The van der Waals surface area contributed by atoms with Crippen LogP contribution in [-0.2, 0) is 5.41 Å². The first-order chi connectivity index (χ1) is 12.5. The van der Waals surface area contributed by atoms with Crippen LogP contribution in [0, 0.1) is 11.7 Å². The Balaban J connectivity index is 1.54. The summed E-state index contributed by atoms with van der Waals surface area (Å²) in [5.41, 5.74) is -0.0475. The van der Waals surface area contributed by atoms with E-state index in [1.807, 2.05) is 13.8 Å². The summed E-state index contributed by atoms with van der Waals surface area (Å²) in [4.78, 5) is 19.0. The molecule has 1 aromatic heterocycles. The van der Waals surface area contributed by atoms with Gasteiger partial charge in [0.15, 0.2) is 5.82 Å². The van der Waals surface area contributed by atoms with E-state index >= 15 is 0 Å². The summed E-state index contributed by atoms with van der Waals surface area (Å²) in [6.07, 6.45) is 3.08. The first-order valence-electron chi connectivity index (χ1n) is 9.14. The minimum absolute atomic E-state index is 0.175. The van der Waals surface area contributed by atoms with Gasteiger partial charge >= 0.3 is 6.03 Å². The van der Waals surface area contributed by atoms with Crippen molar-refractivity contribution in [2.75, 3.05) is 18.4 Å². The molecule has 0 bridgehead atoms. The summed E-state index contributed by atoms with van der Waals surface area (Å²) in [6.45, 7) is 5.20. The number of nitrogens with zero attached hydrogens (tertiary/aromatic N) is 3. The summed E-state index contributed by atoms with van der Waals surface area (Å²) >= 11 is 0. The highest BCUT2D eigenvalue weighted by Crippen LogP contribution is 2.49. The van der Waals surface area contributed by atoms with Crippen molar-refractivity contribution in [1.29, 1.82) is 0 Å². The minimum Gasteiger partial charge on any atom is -0.339 e. The van der Waals surface area contributed by atoms with Gasteiger partial charge in [0.2, 0.25) is 5.89 Å². The van der Waals surface area contributed by atoms with Gasteiger partial charge in [-0.05, 0) is 30.9 Å². The Morgan fingerprint density at radius 3 is 2.96 bits per heavy atom. The largest absolute Gasteiger partial charge is 0.339 e. The molecule has 0 radical (unpaired) electrons. The third-order valence-electron chi connectivity index (χ3n) is 5.65. The van der Waals surface area contributed by atoms with Gasteiger partial charge in [-0.25, -0.2) is 9.18 Å². The number of anilines is 1. The van der Waals surface area contributed by atoms with Crippen LogP contribution in [-0.4, -0.2) is 34.2 Å². The number of fused-ring (bicyclic) bond motifs is 1. The number of para-hydroxylation sites is 1. The van der Waals surface area contributed by atoms with Gasteiger partial charge < -0.3 is 14.7 Å². The van der Waals surface area contributed by atoms with E-state index in [1.54, 1.807) is 23.1 Å². The fourth-order valence-electron chi connectivity index (χ4n) is 4.24. The molecule has 1 saturated carbocycles. The van der Waals surface area contributed by atoms with Gasteiger partial charge in [0, 0.05) is 19.0 Å². The summed E-state index contributed by atoms with van der Waals surface area (Å²) < 4.78 is 19.2. The molecule has 2 aliphatic rings. The van der Waals surface area contributed by atoms with Crippen molar-refractivity contribution in [1.82, 2.24) is 15.0 Å². The SMILES string of the molecule is CC(C)c1nc([C@@]23CCC[C@@H]2CN(C(=O)Nc2ccccc2F)C3)no1. The molecular weight excluding hydrogens is 335 g/mol. The number of hydrogen-bond donors (Lipinski definition) is 1. The number of carbonyl (C=O) groups is 1. The molecule has 2 aromatic rings. The number of hydrogen-bond acceptors (Lipinski definition) is 4. The third-order valence-corrected chi connectivity index (χ3v) is 5.65. The van der Waals surface area contributed by atoms with E-state index < -0.39 is 5.82 Å². The second kappa shape index (κ2) is 6.37.